The van der Waals surface area contributed by atoms with Crippen molar-refractivity contribution in [3.05, 3.63) is 64.5 Å². The largest absolute Gasteiger partial charge is 0.419 e. The maximum Gasteiger partial charge on any atom is 0.319 e. The lowest BCUT2D eigenvalue weighted by Gasteiger charge is -2.05. The average molecular weight is 363 g/mol. The summed E-state index contributed by atoms with van der Waals surface area (Å²) in [5.41, 5.74) is 1.27. The molecule has 1 aromatic heterocycles. The number of urea groups is 1. The number of aromatic nitrogens is 2. The number of carbonyl (C=O) groups is 1. The zero-order chi connectivity index (χ0) is 16.9. The van der Waals surface area contributed by atoms with Gasteiger partial charge < -0.3 is 15.1 Å². The number of carbonyl (C=O) groups excluding carboxylic acids is 1. The van der Waals surface area contributed by atoms with E-state index in [0.717, 1.165) is 0 Å². The molecular weight excluding hydrogens is 351 g/mol. The third kappa shape index (κ3) is 4.04. The van der Waals surface area contributed by atoms with E-state index in [1.54, 1.807) is 36.4 Å². The smallest absolute Gasteiger partial charge is 0.319 e. The highest BCUT2D eigenvalue weighted by molar-refractivity contribution is 6.33. The molecule has 0 atom stereocenters. The van der Waals surface area contributed by atoms with E-state index < -0.39 is 6.03 Å². The summed E-state index contributed by atoms with van der Waals surface area (Å²) in [6.45, 7) is 0.0941. The number of amides is 2. The molecule has 8 heteroatoms. The van der Waals surface area contributed by atoms with Crippen molar-refractivity contribution in [2.45, 2.75) is 6.54 Å². The maximum absolute atomic E-state index is 11.8. The van der Waals surface area contributed by atoms with Gasteiger partial charge in [0.05, 0.1) is 17.1 Å². The monoisotopic (exact) mass is 362 g/mol. The van der Waals surface area contributed by atoms with Crippen molar-refractivity contribution in [1.82, 2.24) is 15.5 Å². The van der Waals surface area contributed by atoms with Gasteiger partial charge in [-0.25, -0.2) is 4.79 Å². The summed E-state index contributed by atoms with van der Waals surface area (Å²) >= 11 is 11.9. The lowest BCUT2D eigenvalue weighted by molar-refractivity contribution is 0.250. The molecule has 0 unspecified atom stereocenters. The molecule has 0 aliphatic heterocycles. The Morgan fingerprint density at radius 1 is 1.04 bits per heavy atom. The molecule has 0 saturated carbocycles. The van der Waals surface area contributed by atoms with Crippen LogP contribution in [0.4, 0.5) is 10.5 Å². The number of hydrogen-bond acceptors (Lipinski definition) is 4. The molecule has 3 aromatic rings. The van der Waals surface area contributed by atoms with Crippen molar-refractivity contribution in [3.8, 4) is 11.5 Å². The number of anilines is 1. The van der Waals surface area contributed by atoms with Gasteiger partial charge in [-0.3, -0.25) is 0 Å². The van der Waals surface area contributed by atoms with Gasteiger partial charge in [-0.1, -0.05) is 35.3 Å². The topological polar surface area (TPSA) is 80.1 Å². The van der Waals surface area contributed by atoms with E-state index >= 15 is 0 Å². The molecule has 2 aromatic carbocycles. The van der Waals surface area contributed by atoms with Gasteiger partial charge in [-0.2, -0.15) is 0 Å². The fraction of sp³-hybridized carbons (Fsp3) is 0.0625. The number of nitrogens with one attached hydrogen (secondary N) is 2. The predicted molar refractivity (Wildman–Crippen MR) is 92.1 cm³/mol. The first kappa shape index (κ1) is 16.3. The summed E-state index contributed by atoms with van der Waals surface area (Å²) in [4.78, 5) is 11.8. The molecule has 0 aliphatic rings. The predicted octanol–water partition coefficient (Wildman–Crippen LogP) is 4.37. The van der Waals surface area contributed by atoms with Gasteiger partial charge in [-0.15, -0.1) is 10.2 Å². The van der Waals surface area contributed by atoms with Crippen LogP contribution in [0.2, 0.25) is 10.0 Å². The Hall–Kier alpha value is -2.57. The molecule has 0 fully saturated rings. The zero-order valence-corrected chi connectivity index (χ0v) is 13.8. The minimum Gasteiger partial charge on any atom is -0.419 e. The Bertz CT molecular complexity index is 849. The molecule has 122 valence electrons. The van der Waals surface area contributed by atoms with Crippen molar-refractivity contribution in [2.75, 3.05) is 5.32 Å². The van der Waals surface area contributed by atoms with Crippen LogP contribution >= 0.6 is 23.2 Å². The first-order valence-electron chi connectivity index (χ1n) is 6.99. The number of halogens is 2. The Balaban J connectivity index is 1.58. The second-order valence-corrected chi connectivity index (χ2v) is 5.64. The zero-order valence-electron chi connectivity index (χ0n) is 12.3. The highest BCUT2D eigenvalue weighted by Gasteiger charge is 2.12. The van der Waals surface area contributed by atoms with E-state index in [2.05, 4.69) is 20.8 Å². The van der Waals surface area contributed by atoms with Crippen LogP contribution in [0.1, 0.15) is 5.89 Å². The number of benzene rings is 2. The summed E-state index contributed by atoms with van der Waals surface area (Å²) in [6.07, 6.45) is 0. The number of rotatable bonds is 4. The SMILES string of the molecule is O=C(NCc1nnc(-c2ccccc2Cl)o1)Nc1ccc(Cl)cc1. The van der Waals surface area contributed by atoms with Gasteiger partial charge in [0.25, 0.3) is 0 Å². The molecule has 1 heterocycles. The first-order chi connectivity index (χ1) is 11.6. The van der Waals surface area contributed by atoms with E-state index in [9.17, 15) is 4.79 Å². The second-order valence-electron chi connectivity index (χ2n) is 4.80. The van der Waals surface area contributed by atoms with E-state index in [4.69, 9.17) is 27.6 Å². The van der Waals surface area contributed by atoms with Crippen LogP contribution in [0.15, 0.2) is 52.9 Å². The van der Waals surface area contributed by atoms with Crippen molar-refractivity contribution in [3.63, 3.8) is 0 Å². The van der Waals surface area contributed by atoms with Crippen molar-refractivity contribution in [1.29, 1.82) is 0 Å². The standard InChI is InChI=1S/C16H12Cl2N4O2/c17-10-5-7-11(8-6-10)20-16(23)19-9-14-21-22-15(24-14)12-3-1-2-4-13(12)18/h1-8H,9H2,(H2,19,20,23). The van der Waals surface area contributed by atoms with Crippen molar-refractivity contribution < 1.29 is 9.21 Å². The third-order valence-electron chi connectivity index (χ3n) is 3.07. The molecule has 3 rings (SSSR count). The molecule has 24 heavy (non-hydrogen) atoms. The first-order valence-corrected chi connectivity index (χ1v) is 7.75. The Kier molecular flexibility index (Phi) is 4.98. The van der Waals surface area contributed by atoms with E-state index in [1.165, 1.54) is 0 Å². The van der Waals surface area contributed by atoms with Crippen LogP contribution < -0.4 is 10.6 Å². The third-order valence-corrected chi connectivity index (χ3v) is 3.65. The maximum atomic E-state index is 11.8. The van der Waals surface area contributed by atoms with Crippen LogP contribution in [-0.2, 0) is 6.54 Å². The van der Waals surface area contributed by atoms with Gasteiger partial charge >= 0.3 is 6.03 Å². The minimum absolute atomic E-state index is 0.0941. The summed E-state index contributed by atoms with van der Waals surface area (Å²) in [7, 11) is 0. The van der Waals surface area contributed by atoms with Crippen LogP contribution in [-0.4, -0.2) is 16.2 Å². The van der Waals surface area contributed by atoms with Gasteiger partial charge in [0.1, 0.15) is 0 Å². The summed E-state index contributed by atoms with van der Waals surface area (Å²) in [6, 6.07) is 13.5. The van der Waals surface area contributed by atoms with Crippen LogP contribution in [0.5, 0.6) is 0 Å². The molecule has 2 amide bonds. The second kappa shape index (κ2) is 7.33. The van der Waals surface area contributed by atoms with Crippen LogP contribution in [0.25, 0.3) is 11.5 Å². The van der Waals surface area contributed by atoms with Gasteiger partial charge in [0.2, 0.25) is 11.8 Å². The molecule has 0 aliphatic carbocycles. The van der Waals surface area contributed by atoms with Gasteiger partial charge in [0, 0.05) is 10.7 Å². The number of nitrogens with zero attached hydrogens (tertiary/aromatic N) is 2. The van der Waals surface area contributed by atoms with Crippen molar-refractivity contribution in [2.24, 2.45) is 0 Å². The minimum atomic E-state index is -0.394. The van der Waals surface area contributed by atoms with E-state index in [-0.39, 0.29) is 12.4 Å². The van der Waals surface area contributed by atoms with E-state index in [1.807, 2.05) is 12.1 Å². The summed E-state index contributed by atoms with van der Waals surface area (Å²) < 4.78 is 5.50. The molecule has 0 radical (unpaired) electrons. The van der Waals surface area contributed by atoms with E-state index in [0.29, 0.717) is 27.2 Å². The quantitative estimate of drug-likeness (QED) is 0.722. The lowest BCUT2D eigenvalue weighted by atomic mass is 10.2. The summed E-state index contributed by atoms with van der Waals surface area (Å²) in [5, 5.41) is 14.2. The van der Waals surface area contributed by atoms with Gasteiger partial charge in [0.15, 0.2) is 0 Å². The molecule has 6 nitrogen and oxygen atoms in total. The Labute approximate surface area is 147 Å². The number of hydrogen-bond donors (Lipinski definition) is 2. The molecule has 2 N–H and O–H groups in total. The fourth-order valence-corrected chi connectivity index (χ4v) is 2.28. The lowest BCUT2D eigenvalue weighted by Crippen LogP contribution is -2.28. The summed E-state index contributed by atoms with van der Waals surface area (Å²) in [5.74, 6) is 0.576. The highest BCUT2D eigenvalue weighted by Crippen LogP contribution is 2.26. The van der Waals surface area contributed by atoms with Crippen LogP contribution in [0, 0.1) is 0 Å². The van der Waals surface area contributed by atoms with Crippen LogP contribution in [0.3, 0.4) is 0 Å². The molecule has 0 bridgehead atoms. The van der Waals surface area contributed by atoms with Crippen molar-refractivity contribution >= 4 is 34.9 Å². The normalized spacial score (nSPS) is 10.4. The Morgan fingerprint density at radius 3 is 2.54 bits per heavy atom. The average Bonchev–Trinajstić information content (AvgIpc) is 3.04. The fourth-order valence-electron chi connectivity index (χ4n) is 1.93. The Morgan fingerprint density at radius 2 is 1.79 bits per heavy atom. The highest BCUT2D eigenvalue weighted by atomic mass is 35.5. The molecule has 0 saturated heterocycles. The molecular formula is C16H12Cl2N4O2. The molecule has 0 spiro atoms. The van der Waals surface area contributed by atoms with Gasteiger partial charge in [-0.05, 0) is 36.4 Å².